The lowest BCUT2D eigenvalue weighted by Gasteiger charge is -2.24. The molecule has 1 aliphatic carbocycles. The van der Waals surface area contributed by atoms with E-state index >= 15 is 0 Å². The van der Waals surface area contributed by atoms with Crippen molar-refractivity contribution in [2.75, 3.05) is 5.32 Å². The van der Waals surface area contributed by atoms with Crippen molar-refractivity contribution in [3.05, 3.63) is 65.0 Å². The average molecular weight is 327 g/mol. The zero-order valence-corrected chi connectivity index (χ0v) is 13.1. The van der Waals surface area contributed by atoms with Crippen LogP contribution in [0, 0.1) is 11.7 Å². The number of nitrogens with one attached hydrogen (secondary N) is 1. The van der Waals surface area contributed by atoms with Crippen LogP contribution >= 0.6 is 0 Å². The topological polar surface area (TPSA) is 66.4 Å². The number of amides is 1. The Bertz CT molecular complexity index is 788. The summed E-state index contributed by atoms with van der Waals surface area (Å²) in [5, 5.41) is 11.4. The molecular formula is C19H18FNO3. The van der Waals surface area contributed by atoms with Gasteiger partial charge in [-0.15, -0.1) is 0 Å². The fourth-order valence-corrected chi connectivity index (χ4v) is 3.16. The van der Waals surface area contributed by atoms with Gasteiger partial charge in [-0.2, -0.15) is 0 Å². The van der Waals surface area contributed by atoms with E-state index in [4.69, 9.17) is 5.11 Å². The molecule has 1 unspecified atom stereocenters. The van der Waals surface area contributed by atoms with Crippen LogP contribution in [0.15, 0.2) is 42.5 Å². The third-order valence-electron chi connectivity index (χ3n) is 4.41. The summed E-state index contributed by atoms with van der Waals surface area (Å²) in [5.74, 6) is -1.95. The molecule has 0 radical (unpaired) electrons. The largest absolute Gasteiger partial charge is 0.478 e. The van der Waals surface area contributed by atoms with Crippen LogP contribution in [0.5, 0.6) is 0 Å². The van der Waals surface area contributed by atoms with E-state index in [1.807, 2.05) is 12.1 Å². The number of benzene rings is 2. The van der Waals surface area contributed by atoms with Gasteiger partial charge in [0.2, 0.25) is 5.91 Å². The number of rotatable bonds is 4. The maximum absolute atomic E-state index is 13.9. The molecule has 124 valence electrons. The highest BCUT2D eigenvalue weighted by molar-refractivity contribution is 5.92. The van der Waals surface area contributed by atoms with Gasteiger partial charge in [0, 0.05) is 6.42 Å². The SMILES string of the molecule is O=C(CC1CCc2ccccc2C1)Nc1ccc(C(=O)O)cc1F. The molecule has 3 rings (SSSR count). The predicted molar refractivity (Wildman–Crippen MR) is 88.6 cm³/mol. The van der Waals surface area contributed by atoms with Gasteiger partial charge in [0.05, 0.1) is 11.3 Å². The summed E-state index contributed by atoms with van der Waals surface area (Å²) in [4.78, 5) is 23.0. The van der Waals surface area contributed by atoms with Gasteiger partial charge in [-0.3, -0.25) is 4.79 Å². The van der Waals surface area contributed by atoms with Gasteiger partial charge in [-0.1, -0.05) is 24.3 Å². The zero-order valence-electron chi connectivity index (χ0n) is 13.1. The molecule has 5 heteroatoms. The van der Waals surface area contributed by atoms with Crippen LogP contribution in [-0.4, -0.2) is 17.0 Å². The van der Waals surface area contributed by atoms with Gasteiger partial charge in [0.15, 0.2) is 0 Å². The number of aryl methyl sites for hydroxylation is 1. The van der Waals surface area contributed by atoms with Crippen molar-refractivity contribution < 1.29 is 19.1 Å². The molecule has 0 heterocycles. The summed E-state index contributed by atoms with van der Waals surface area (Å²) in [7, 11) is 0. The minimum absolute atomic E-state index is 0.0150. The Morgan fingerprint density at radius 2 is 1.92 bits per heavy atom. The molecular weight excluding hydrogens is 309 g/mol. The first-order valence-electron chi connectivity index (χ1n) is 7.92. The van der Waals surface area contributed by atoms with E-state index in [1.165, 1.54) is 23.3 Å². The van der Waals surface area contributed by atoms with Crippen molar-refractivity contribution in [3.8, 4) is 0 Å². The first-order valence-corrected chi connectivity index (χ1v) is 7.92. The van der Waals surface area contributed by atoms with Crippen molar-refractivity contribution in [3.63, 3.8) is 0 Å². The summed E-state index contributed by atoms with van der Waals surface area (Å²) in [6.45, 7) is 0. The number of carbonyl (C=O) groups is 2. The van der Waals surface area contributed by atoms with Gasteiger partial charge in [0.25, 0.3) is 0 Å². The molecule has 0 aromatic heterocycles. The van der Waals surface area contributed by atoms with Gasteiger partial charge < -0.3 is 10.4 Å². The number of hydrogen-bond donors (Lipinski definition) is 2. The second-order valence-corrected chi connectivity index (χ2v) is 6.13. The molecule has 0 bridgehead atoms. The Morgan fingerprint density at radius 1 is 1.17 bits per heavy atom. The van der Waals surface area contributed by atoms with Crippen LogP contribution in [0.4, 0.5) is 10.1 Å². The van der Waals surface area contributed by atoms with Crippen LogP contribution in [0.1, 0.15) is 34.3 Å². The number of fused-ring (bicyclic) bond motifs is 1. The number of aromatic carboxylic acids is 1. The molecule has 1 atom stereocenters. The summed E-state index contributed by atoms with van der Waals surface area (Å²) in [6.07, 6.45) is 3.07. The number of anilines is 1. The monoisotopic (exact) mass is 327 g/mol. The summed E-state index contributed by atoms with van der Waals surface area (Å²) in [6, 6.07) is 11.7. The lowest BCUT2D eigenvalue weighted by atomic mass is 9.82. The van der Waals surface area contributed by atoms with E-state index in [2.05, 4.69) is 17.4 Å². The molecule has 1 aliphatic rings. The summed E-state index contributed by atoms with van der Waals surface area (Å²) >= 11 is 0. The Kier molecular flexibility index (Phi) is 4.60. The zero-order chi connectivity index (χ0) is 17.1. The molecule has 0 saturated carbocycles. The maximum Gasteiger partial charge on any atom is 0.335 e. The second kappa shape index (κ2) is 6.83. The first kappa shape index (κ1) is 16.2. The molecule has 2 aromatic rings. The highest BCUT2D eigenvalue weighted by Gasteiger charge is 2.21. The molecule has 0 saturated heterocycles. The van der Waals surface area contributed by atoms with Crippen LogP contribution in [0.2, 0.25) is 0 Å². The van der Waals surface area contributed by atoms with Gasteiger partial charge >= 0.3 is 5.97 Å². The van der Waals surface area contributed by atoms with E-state index in [1.54, 1.807) is 0 Å². The smallest absolute Gasteiger partial charge is 0.335 e. The molecule has 2 N–H and O–H groups in total. The predicted octanol–water partition coefficient (Wildman–Crippen LogP) is 3.66. The molecule has 1 amide bonds. The Hall–Kier alpha value is -2.69. The highest BCUT2D eigenvalue weighted by atomic mass is 19.1. The van der Waals surface area contributed by atoms with E-state index in [-0.39, 0.29) is 23.1 Å². The number of carboxylic acids is 1. The van der Waals surface area contributed by atoms with E-state index in [0.717, 1.165) is 25.3 Å². The highest BCUT2D eigenvalue weighted by Crippen LogP contribution is 2.28. The molecule has 0 aliphatic heterocycles. The van der Waals surface area contributed by atoms with Crippen molar-refractivity contribution in [2.24, 2.45) is 5.92 Å². The van der Waals surface area contributed by atoms with Gasteiger partial charge in [-0.25, -0.2) is 9.18 Å². The lowest BCUT2D eigenvalue weighted by Crippen LogP contribution is -2.22. The minimum atomic E-state index is -1.20. The molecule has 4 nitrogen and oxygen atoms in total. The molecule has 2 aromatic carbocycles. The molecule has 24 heavy (non-hydrogen) atoms. The van der Waals surface area contributed by atoms with Crippen LogP contribution in [-0.2, 0) is 17.6 Å². The standard InChI is InChI=1S/C19H18FNO3/c20-16-11-15(19(23)24)7-8-17(16)21-18(22)10-12-5-6-13-3-1-2-4-14(13)9-12/h1-4,7-8,11-12H,5-6,9-10H2,(H,21,22)(H,23,24). The third-order valence-corrected chi connectivity index (χ3v) is 4.41. The van der Waals surface area contributed by atoms with Crippen LogP contribution in [0.25, 0.3) is 0 Å². The molecule has 0 spiro atoms. The number of halogens is 1. The van der Waals surface area contributed by atoms with E-state index < -0.39 is 11.8 Å². The second-order valence-electron chi connectivity index (χ2n) is 6.13. The summed E-state index contributed by atoms with van der Waals surface area (Å²) in [5.41, 5.74) is 2.48. The van der Waals surface area contributed by atoms with Crippen LogP contribution < -0.4 is 5.32 Å². The number of hydrogen-bond acceptors (Lipinski definition) is 2. The van der Waals surface area contributed by atoms with Crippen molar-refractivity contribution in [1.29, 1.82) is 0 Å². The van der Waals surface area contributed by atoms with Crippen molar-refractivity contribution in [2.45, 2.75) is 25.7 Å². The Morgan fingerprint density at radius 3 is 2.62 bits per heavy atom. The Labute approximate surface area is 139 Å². The third kappa shape index (κ3) is 3.62. The van der Waals surface area contributed by atoms with E-state index in [9.17, 15) is 14.0 Å². The number of carbonyl (C=O) groups excluding carboxylic acids is 1. The van der Waals surface area contributed by atoms with Crippen LogP contribution in [0.3, 0.4) is 0 Å². The summed E-state index contributed by atoms with van der Waals surface area (Å²) < 4.78 is 13.9. The van der Waals surface area contributed by atoms with Crippen molar-refractivity contribution in [1.82, 2.24) is 0 Å². The fourth-order valence-electron chi connectivity index (χ4n) is 3.16. The van der Waals surface area contributed by atoms with Gasteiger partial charge in [-0.05, 0) is 54.5 Å². The van der Waals surface area contributed by atoms with E-state index in [0.29, 0.717) is 6.42 Å². The minimum Gasteiger partial charge on any atom is -0.478 e. The van der Waals surface area contributed by atoms with Crippen molar-refractivity contribution >= 4 is 17.6 Å². The van der Waals surface area contributed by atoms with Gasteiger partial charge in [0.1, 0.15) is 5.82 Å². The number of carboxylic acid groups (broad SMARTS) is 1. The quantitative estimate of drug-likeness (QED) is 0.900. The first-order chi connectivity index (χ1) is 11.5. The fraction of sp³-hybridized carbons (Fsp3) is 0.263. The normalized spacial score (nSPS) is 16.3. The molecule has 0 fully saturated rings. The lowest BCUT2D eigenvalue weighted by molar-refractivity contribution is -0.117. The maximum atomic E-state index is 13.9. The Balaban J connectivity index is 1.61. The average Bonchev–Trinajstić information content (AvgIpc) is 2.56.